The number of hydrogen-bond donors (Lipinski definition) is 1. The average molecular weight is 101 g/mol. The Balaban J connectivity index is -0.00000000667. The molecule has 0 rings (SSSR count). The maximum absolute atomic E-state index is 8.11. The van der Waals surface area contributed by atoms with Crippen LogP contribution in [0.2, 0.25) is 0 Å². The standard InChI is InChI=1S/HNO2.3H2O/c2-1-3;;;/h(H,2,3);3*1H2. The highest BCUT2D eigenvalue weighted by Gasteiger charge is 1.18. The van der Waals surface area contributed by atoms with Crippen molar-refractivity contribution in [3.63, 3.8) is 0 Å². The van der Waals surface area contributed by atoms with Gasteiger partial charge in [0.1, 0.15) is 0 Å². The third-order valence-electron chi connectivity index (χ3n) is 0. The summed E-state index contributed by atoms with van der Waals surface area (Å²) in [7, 11) is 0. The lowest BCUT2D eigenvalue weighted by Crippen LogP contribution is -1.25. The van der Waals surface area contributed by atoms with E-state index in [1.165, 1.54) is 5.34 Å². The van der Waals surface area contributed by atoms with Crippen molar-refractivity contribution in [2.24, 2.45) is 5.34 Å². The molecule has 0 aromatic rings. The van der Waals surface area contributed by atoms with Gasteiger partial charge in [-0.05, 0) is 0 Å². The Bertz CT molecular complexity index is 11.4. The number of nitrogens with zero attached hydrogens (tertiary/aromatic N) is 1. The van der Waals surface area contributed by atoms with Crippen LogP contribution in [0.5, 0.6) is 0 Å². The van der Waals surface area contributed by atoms with E-state index in [0.29, 0.717) is 0 Å². The minimum absolute atomic E-state index is 0. The monoisotopic (exact) mass is 101 g/mol. The molecule has 0 unspecified atom stereocenters. The first-order valence-electron chi connectivity index (χ1n) is 0.383. The van der Waals surface area contributed by atoms with Crippen LogP contribution in [0.4, 0.5) is 0 Å². The van der Waals surface area contributed by atoms with Gasteiger partial charge in [0.15, 0.2) is 5.34 Å². The van der Waals surface area contributed by atoms with E-state index in [0.717, 1.165) is 0 Å². The topological polar surface area (TPSA) is 144 Å². The minimum atomic E-state index is 0. The molecule has 7 N–H and O–H groups in total. The molecule has 0 heterocycles. The molecule has 6 heteroatoms. The summed E-state index contributed by atoms with van der Waals surface area (Å²) < 4.78 is 0. The van der Waals surface area contributed by atoms with Crippen molar-refractivity contribution < 1.29 is 21.6 Å². The van der Waals surface area contributed by atoms with Gasteiger partial charge >= 0.3 is 0 Å². The van der Waals surface area contributed by atoms with Crippen LogP contribution in [0.1, 0.15) is 0 Å². The van der Waals surface area contributed by atoms with Crippen molar-refractivity contribution in [2.45, 2.75) is 0 Å². The van der Waals surface area contributed by atoms with Crippen molar-refractivity contribution in [1.82, 2.24) is 0 Å². The number of hydrogen-bond acceptors (Lipinski definition) is 2. The molecule has 0 aliphatic carbocycles. The predicted octanol–water partition coefficient (Wildman–Crippen LogP) is -2.33. The molecule has 0 atom stereocenters. The summed E-state index contributed by atoms with van der Waals surface area (Å²) in [6.07, 6.45) is 0. The summed E-state index contributed by atoms with van der Waals surface area (Å²) in [5, 5.41) is 7.89. The van der Waals surface area contributed by atoms with Gasteiger partial charge in [0.2, 0.25) is 0 Å². The van der Waals surface area contributed by atoms with Crippen molar-refractivity contribution in [2.75, 3.05) is 0 Å². The highest BCUT2D eigenvalue weighted by atomic mass is 16.6. The predicted molar refractivity (Wildman–Crippen MR) is 18.4 cm³/mol. The lowest BCUT2D eigenvalue weighted by molar-refractivity contribution is 0.312. The molecular weight excluding hydrogens is 94.0 g/mol. The van der Waals surface area contributed by atoms with Gasteiger partial charge in [-0.25, -0.2) is 0 Å². The molecule has 0 fully saturated rings. The van der Waals surface area contributed by atoms with E-state index in [-0.39, 0.29) is 16.4 Å². The Hall–Kier alpha value is -0.720. The van der Waals surface area contributed by atoms with Gasteiger partial charge in [-0.3, -0.25) is 0 Å². The fraction of sp³-hybridized carbons (Fsp3) is 0. The third-order valence-corrected chi connectivity index (χ3v) is 0. The van der Waals surface area contributed by atoms with E-state index in [1.807, 2.05) is 0 Å². The summed E-state index contributed by atoms with van der Waals surface area (Å²) in [6.45, 7) is 0. The normalized spacial score (nSPS) is 2.00. The SMILES string of the molecule is O.O.O.O=NO. The van der Waals surface area contributed by atoms with Gasteiger partial charge in [-0.15, -0.1) is 4.91 Å². The summed E-state index contributed by atoms with van der Waals surface area (Å²) >= 11 is 0. The zero-order valence-electron chi connectivity index (χ0n) is 2.80. The first-order valence-corrected chi connectivity index (χ1v) is 0.383. The van der Waals surface area contributed by atoms with Crippen LogP contribution in [0.25, 0.3) is 0 Å². The van der Waals surface area contributed by atoms with Crippen LogP contribution >= 0.6 is 0 Å². The van der Waals surface area contributed by atoms with Gasteiger partial charge in [0.05, 0.1) is 0 Å². The Morgan fingerprint density at radius 3 is 1.17 bits per heavy atom. The second-order valence-electron chi connectivity index (χ2n) is 0.0816. The van der Waals surface area contributed by atoms with Crippen LogP contribution in [-0.4, -0.2) is 21.6 Å². The van der Waals surface area contributed by atoms with Crippen molar-refractivity contribution in [3.8, 4) is 0 Å². The minimum Gasteiger partial charge on any atom is -0.412 e. The summed E-state index contributed by atoms with van der Waals surface area (Å²) in [4.78, 5) is 8.11. The van der Waals surface area contributed by atoms with E-state index >= 15 is 0 Å². The Labute approximate surface area is 33.3 Å². The molecule has 0 aliphatic heterocycles. The Morgan fingerprint density at radius 2 is 1.17 bits per heavy atom. The van der Waals surface area contributed by atoms with Gasteiger partial charge < -0.3 is 21.6 Å². The molecule has 42 valence electrons. The quantitative estimate of drug-likeness (QED) is 0.269. The summed E-state index contributed by atoms with van der Waals surface area (Å²) in [5.41, 5.74) is 0. The average Bonchev–Trinajstić information content (AvgIpc) is 0.918. The molecule has 0 aromatic heterocycles. The highest BCUT2D eigenvalue weighted by molar-refractivity contribution is 3.83. The molecule has 0 aromatic carbocycles. The maximum Gasteiger partial charge on any atom is 0.152 e. The molecular formula is H7NO5. The maximum atomic E-state index is 8.11. The summed E-state index contributed by atoms with van der Waals surface area (Å²) in [5.74, 6) is 0. The third kappa shape index (κ3) is 32.9. The van der Waals surface area contributed by atoms with E-state index in [2.05, 4.69) is 0 Å². The first kappa shape index (κ1) is 59.0. The van der Waals surface area contributed by atoms with Crippen LogP contribution in [0.15, 0.2) is 5.34 Å². The van der Waals surface area contributed by atoms with Gasteiger partial charge in [-0.1, -0.05) is 0 Å². The zero-order chi connectivity index (χ0) is 2.71. The molecule has 0 saturated carbocycles. The van der Waals surface area contributed by atoms with Crippen LogP contribution in [0, 0.1) is 4.91 Å². The molecule has 0 spiro atoms. The second kappa shape index (κ2) is 587. The fourth-order valence-electron chi connectivity index (χ4n) is 0. The van der Waals surface area contributed by atoms with Crippen LogP contribution in [-0.2, 0) is 0 Å². The lowest BCUT2D eigenvalue weighted by atomic mass is 13.4. The van der Waals surface area contributed by atoms with Crippen LogP contribution in [0.3, 0.4) is 0 Å². The van der Waals surface area contributed by atoms with E-state index < -0.39 is 0 Å². The van der Waals surface area contributed by atoms with Crippen molar-refractivity contribution >= 4 is 0 Å². The van der Waals surface area contributed by atoms with Gasteiger partial charge in [0, 0.05) is 0 Å². The van der Waals surface area contributed by atoms with Crippen molar-refractivity contribution in [1.29, 1.82) is 0 Å². The Morgan fingerprint density at radius 1 is 1.17 bits per heavy atom. The van der Waals surface area contributed by atoms with E-state index in [4.69, 9.17) is 10.1 Å². The van der Waals surface area contributed by atoms with E-state index in [1.54, 1.807) is 0 Å². The summed E-state index contributed by atoms with van der Waals surface area (Å²) in [6, 6.07) is 0. The molecule has 0 radical (unpaired) electrons. The molecule has 0 aliphatic rings. The molecule has 0 bridgehead atoms. The van der Waals surface area contributed by atoms with Gasteiger partial charge in [-0.2, -0.15) is 0 Å². The zero-order valence-corrected chi connectivity index (χ0v) is 2.80. The highest BCUT2D eigenvalue weighted by Crippen LogP contribution is 1.25. The van der Waals surface area contributed by atoms with E-state index in [9.17, 15) is 0 Å². The second-order valence-corrected chi connectivity index (χ2v) is 0.0816. The van der Waals surface area contributed by atoms with Crippen LogP contribution < -0.4 is 0 Å². The molecule has 0 amide bonds. The molecule has 6 heavy (non-hydrogen) atoms. The number of rotatable bonds is 0. The molecule has 6 nitrogen and oxygen atoms in total. The fourth-order valence-corrected chi connectivity index (χ4v) is 0. The largest absolute Gasteiger partial charge is 0.412 e. The van der Waals surface area contributed by atoms with Gasteiger partial charge in [0.25, 0.3) is 0 Å². The first-order chi connectivity index (χ1) is 1.41. The smallest absolute Gasteiger partial charge is 0.152 e. The molecule has 0 saturated heterocycles. The Kier molecular flexibility index (Phi) is 5780. The van der Waals surface area contributed by atoms with Crippen molar-refractivity contribution in [3.05, 3.63) is 4.91 Å². The lowest BCUT2D eigenvalue weighted by Gasteiger charge is -1.32.